The van der Waals surface area contributed by atoms with Gasteiger partial charge >= 0.3 is 0 Å². The first kappa shape index (κ1) is 20.6. The Morgan fingerprint density at radius 1 is 1.17 bits per heavy atom. The fraction of sp³-hybridized carbons (Fsp3) is 0.333. The number of fused-ring (bicyclic) bond motifs is 2. The Kier molecular flexibility index (Phi) is 5.42. The van der Waals surface area contributed by atoms with Gasteiger partial charge in [-0.1, -0.05) is 6.07 Å². The molecule has 0 aromatic heterocycles. The number of halogens is 2. The molecule has 0 radical (unpaired) electrons. The summed E-state index contributed by atoms with van der Waals surface area (Å²) in [6.45, 7) is 0.302. The molecule has 4 rings (SSSR count). The molecule has 6 nitrogen and oxygen atoms in total. The van der Waals surface area contributed by atoms with Gasteiger partial charge in [-0.15, -0.1) is 11.8 Å². The van der Waals surface area contributed by atoms with Crippen LogP contribution in [0.15, 0.2) is 36.4 Å². The van der Waals surface area contributed by atoms with Gasteiger partial charge in [0.25, 0.3) is 5.91 Å². The van der Waals surface area contributed by atoms with E-state index >= 15 is 0 Å². The molecule has 2 aromatic carbocycles. The smallest absolute Gasteiger partial charge is 0.268 e. The lowest BCUT2D eigenvalue weighted by molar-refractivity contribution is -0.143. The summed E-state index contributed by atoms with van der Waals surface area (Å²) in [4.78, 5) is 28.3. The first-order valence-corrected chi connectivity index (χ1v) is 10.3. The molecule has 0 N–H and O–H groups in total. The summed E-state index contributed by atoms with van der Waals surface area (Å²) in [5.41, 5.74) is 1.69. The van der Waals surface area contributed by atoms with Crippen LogP contribution < -0.4 is 9.64 Å². The van der Waals surface area contributed by atoms with Crippen LogP contribution in [0.3, 0.4) is 0 Å². The zero-order valence-corrected chi connectivity index (χ0v) is 17.3. The second-order valence-electron chi connectivity index (χ2n) is 6.99. The Balaban J connectivity index is 1.80. The zero-order chi connectivity index (χ0) is 21.5. The van der Waals surface area contributed by atoms with Crippen LogP contribution >= 0.6 is 11.8 Å². The standard InChI is InChI=1S/C21H20F2N2O4S/c1-28-12-19(26)25-7-8-30-21(25)15-10-14(29-2)4-6-18(15)24(20(21)27)11-13-3-5-16(22)17(23)9-13/h3-6,9-10H,7-8,11-12H2,1-2H3. The maximum atomic E-state index is 13.7. The van der Waals surface area contributed by atoms with Crippen LogP contribution in [0.2, 0.25) is 0 Å². The van der Waals surface area contributed by atoms with Crippen molar-refractivity contribution in [3.63, 3.8) is 0 Å². The minimum atomic E-state index is -1.24. The molecular weight excluding hydrogens is 414 g/mol. The van der Waals surface area contributed by atoms with Crippen molar-refractivity contribution in [3.05, 3.63) is 59.2 Å². The van der Waals surface area contributed by atoms with Crippen molar-refractivity contribution in [1.82, 2.24) is 4.90 Å². The predicted octanol–water partition coefficient (Wildman–Crippen LogP) is 2.89. The molecule has 0 aliphatic carbocycles. The molecule has 30 heavy (non-hydrogen) atoms. The Labute approximate surface area is 176 Å². The van der Waals surface area contributed by atoms with Gasteiger partial charge in [0.1, 0.15) is 12.4 Å². The Morgan fingerprint density at radius 2 is 1.97 bits per heavy atom. The van der Waals surface area contributed by atoms with E-state index in [2.05, 4.69) is 0 Å². The number of methoxy groups -OCH3 is 2. The van der Waals surface area contributed by atoms with Crippen LogP contribution in [0.4, 0.5) is 14.5 Å². The van der Waals surface area contributed by atoms with E-state index in [1.165, 1.54) is 41.8 Å². The maximum absolute atomic E-state index is 13.7. The Bertz CT molecular complexity index is 1020. The summed E-state index contributed by atoms with van der Waals surface area (Å²) < 4.78 is 37.4. The summed E-state index contributed by atoms with van der Waals surface area (Å²) >= 11 is 1.37. The molecule has 0 bridgehead atoms. The van der Waals surface area contributed by atoms with Crippen molar-refractivity contribution in [3.8, 4) is 5.75 Å². The average Bonchev–Trinajstić information content (AvgIpc) is 3.28. The highest BCUT2D eigenvalue weighted by Gasteiger charge is 2.59. The largest absolute Gasteiger partial charge is 0.497 e. The van der Waals surface area contributed by atoms with Crippen molar-refractivity contribution < 1.29 is 27.8 Å². The summed E-state index contributed by atoms with van der Waals surface area (Å²) in [5, 5.41) is 0. The van der Waals surface area contributed by atoms with Gasteiger partial charge in [-0.25, -0.2) is 8.78 Å². The molecule has 1 unspecified atom stereocenters. The quantitative estimate of drug-likeness (QED) is 0.724. The highest BCUT2D eigenvalue weighted by Crippen LogP contribution is 2.55. The molecule has 1 atom stereocenters. The van der Waals surface area contributed by atoms with Crippen LogP contribution in [-0.4, -0.2) is 49.8 Å². The molecule has 9 heteroatoms. The fourth-order valence-electron chi connectivity index (χ4n) is 3.96. The highest BCUT2D eigenvalue weighted by atomic mass is 32.2. The van der Waals surface area contributed by atoms with Gasteiger partial charge in [0, 0.05) is 25.0 Å². The van der Waals surface area contributed by atoms with Gasteiger partial charge in [0.2, 0.25) is 5.91 Å². The highest BCUT2D eigenvalue weighted by molar-refractivity contribution is 8.01. The number of hydrogen-bond acceptors (Lipinski definition) is 5. The molecule has 158 valence electrons. The second-order valence-corrected chi connectivity index (χ2v) is 8.28. The minimum absolute atomic E-state index is 0.0456. The summed E-state index contributed by atoms with van der Waals surface area (Å²) in [7, 11) is 2.95. The molecule has 1 fully saturated rings. The van der Waals surface area contributed by atoms with Crippen molar-refractivity contribution in [2.45, 2.75) is 11.4 Å². The number of nitrogens with zero attached hydrogens (tertiary/aromatic N) is 2. The molecule has 2 aliphatic heterocycles. The molecule has 0 saturated carbocycles. The fourth-order valence-corrected chi connectivity index (χ4v) is 5.43. The van der Waals surface area contributed by atoms with Crippen LogP contribution in [0, 0.1) is 11.6 Å². The number of carbonyl (C=O) groups is 2. The number of amides is 2. The SMILES string of the molecule is COCC(=O)N1CCSC12C(=O)N(Cc1ccc(F)c(F)c1)c1ccc(OC)cc12. The van der Waals surface area contributed by atoms with Crippen LogP contribution in [0.1, 0.15) is 11.1 Å². The van der Waals surface area contributed by atoms with Gasteiger partial charge in [0.05, 0.1) is 19.3 Å². The first-order chi connectivity index (χ1) is 14.4. The van der Waals surface area contributed by atoms with E-state index in [0.29, 0.717) is 34.9 Å². The normalized spacial score (nSPS) is 20.2. The molecule has 2 amide bonds. The van der Waals surface area contributed by atoms with Crippen molar-refractivity contribution in [2.24, 2.45) is 0 Å². The number of rotatable bonds is 5. The van der Waals surface area contributed by atoms with Crippen LogP contribution in [-0.2, 0) is 25.7 Å². The number of ether oxygens (including phenoxy) is 2. The van der Waals surface area contributed by atoms with Gasteiger partial charge in [-0.3, -0.25) is 9.59 Å². The summed E-state index contributed by atoms with van der Waals surface area (Å²) in [6.07, 6.45) is 0. The summed E-state index contributed by atoms with van der Waals surface area (Å²) in [6, 6.07) is 8.78. The average molecular weight is 434 g/mol. The van der Waals surface area contributed by atoms with E-state index in [1.54, 1.807) is 18.2 Å². The molecular formula is C21H20F2N2O4S. The van der Waals surface area contributed by atoms with Crippen molar-refractivity contribution >= 4 is 29.3 Å². The van der Waals surface area contributed by atoms with Crippen LogP contribution in [0.5, 0.6) is 5.75 Å². The van der Waals surface area contributed by atoms with Gasteiger partial charge in [-0.05, 0) is 35.9 Å². The molecule has 1 spiro atoms. The maximum Gasteiger partial charge on any atom is 0.268 e. The molecule has 2 aliphatic rings. The third kappa shape index (κ3) is 3.13. The molecule has 1 saturated heterocycles. The molecule has 2 heterocycles. The van der Waals surface area contributed by atoms with E-state index in [0.717, 1.165) is 12.1 Å². The lowest BCUT2D eigenvalue weighted by Crippen LogP contribution is -2.51. The minimum Gasteiger partial charge on any atom is -0.497 e. The van der Waals surface area contributed by atoms with Gasteiger partial charge in [-0.2, -0.15) is 0 Å². The topological polar surface area (TPSA) is 59.1 Å². The van der Waals surface area contributed by atoms with E-state index < -0.39 is 16.5 Å². The van der Waals surface area contributed by atoms with E-state index in [-0.39, 0.29) is 25.0 Å². The number of carbonyl (C=O) groups excluding carboxylic acids is 2. The van der Waals surface area contributed by atoms with Crippen molar-refractivity contribution in [2.75, 3.05) is 38.0 Å². The van der Waals surface area contributed by atoms with Crippen molar-refractivity contribution in [1.29, 1.82) is 0 Å². The zero-order valence-electron chi connectivity index (χ0n) is 16.5. The number of benzene rings is 2. The van der Waals surface area contributed by atoms with E-state index in [9.17, 15) is 18.4 Å². The van der Waals surface area contributed by atoms with Gasteiger partial charge < -0.3 is 19.3 Å². The third-order valence-electron chi connectivity index (χ3n) is 5.29. The Hall–Kier alpha value is -2.65. The number of anilines is 1. The number of thioether (sulfide) groups is 1. The second kappa shape index (κ2) is 7.88. The monoisotopic (exact) mass is 434 g/mol. The molecule has 2 aromatic rings. The number of hydrogen-bond donors (Lipinski definition) is 0. The third-order valence-corrected chi connectivity index (χ3v) is 6.71. The van der Waals surface area contributed by atoms with Crippen LogP contribution in [0.25, 0.3) is 0 Å². The lowest BCUT2D eigenvalue weighted by atomic mass is 10.1. The van der Waals surface area contributed by atoms with Gasteiger partial charge in [0.15, 0.2) is 16.5 Å². The predicted molar refractivity (Wildman–Crippen MR) is 108 cm³/mol. The van der Waals surface area contributed by atoms with E-state index in [4.69, 9.17) is 9.47 Å². The van der Waals surface area contributed by atoms with E-state index in [1.807, 2.05) is 0 Å². The summed E-state index contributed by atoms with van der Waals surface area (Å²) in [5.74, 6) is -1.38. The Morgan fingerprint density at radius 3 is 2.67 bits per heavy atom. The lowest BCUT2D eigenvalue weighted by Gasteiger charge is -2.33. The first-order valence-electron chi connectivity index (χ1n) is 9.30.